The smallest absolute Gasteiger partial charge is 0.412 e. The van der Waals surface area contributed by atoms with Crippen molar-refractivity contribution in [3.63, 3.8) is 0 Å². The van der Waals surface area contributed by atoms with E-state index in [2.05, 4.69) is 5.32 Å². The number of alkyl carbamates (subject to hydrolysis) is 1. The number of esters is 1. The number of aliphatic hydroxyl groups is 1. The summed E-state index contributed by atoms with van der Waals surface area (Å²) < 4.78 is 25.2. The third-order valence-electron chi connectivity index (χ3n) is 2.14. The number of hydrogen-bond donors (Lipinski definition) is 2. The van der Waals surface area contributed by atoms with Crippen LogP contribution < -0.4 is 5.32 Å². The predicted octanol–water partition coefficient (Wildman–Crippen LogP) is 1.48. The topological polar surface area (TPSA) is 111 Å². The van der Waals surface area contributed by atoms with Gasteiger partial charge < -0.3 is 19.1 Å². The van der Waals surface area contributed by atoms with Crippen molar-refractivity contribution in [1.82, 2.24) is 5.32 Å². The molecular formula is C12H24NO7P. The average Bonchev–Trinajstić information content (AvgIpc) is 2.25. The first-order chi connectivity index (χ1) is 9.52. The molecule has 0 fully saturated rings. The third-order valence-corrected chi connectivity index (χ3v) is 2.75. The summed E-state index contributed by atoms with van der Waals surface area (Å²) >= 11 is 0. The SMILES string of the molecule is CC(OC(=O)NC(O)CCO[PH](C)=O)OC(=O)C(C)(C)C. The molecule has 0 radical (unpaired) electrons. The van der Waals surface area contributed by atoms with Crippen molar-refractivity contribution in [3.05, 3.63) is 0 Å². The molecule has 0 saturated heterocycles. The van der Waals surface area contributed by atoms with Gasteiger partial charge in [-0.05, 0) is 20.8 Å². The summed E-state index contributed by atoms with van der Waals surface area (Å²) in [4.78, 5) is 23.0. The molecule has 0 aliphatic carbocycles. The van der Waals surface area contributed by atoms with Gasteiger partial charge in [-0.2, -0.15) is 0 Å². The molecule has 3 unspecified atom stereocenters. The predicted molar refractivity (Wildman–Crippen MR) is 76.1 cm³/mol. The zero-order chi connectivity index (χ0) is 16.6. The van der Waals surface area contributed by atoms with Gasteiger partial charge in [0, 0.05) is 20.0 Å². The maximum atomic E-state index is 11.6. The maximum absolute atomic E-state index is 11.6. The zero-order valence-electron chi connectivity index (χ0n) is 13.0. The van der Waals surface area contributed by atoms with Crippen LogP contribution in [0.4, 0.5) is 4.79 Å². The van der Waals surface area contributed by atoms with E-state index in [-0.39, 0.29) is 13.0 Å². The maximum Gasteiger partial charge on any atom is 0.412 e. The van der Waals surface area contributed by atoms with E-state index in [1.54, 1.807) is 20.8 Å². The Kier molecular flexibility index (Phi) is 8.54. The summed E-state index contributed by atoms with van der Waals surface area (Å²) in [5.74, 6) is -0.509. The lowest BCUT2D eigenvalue weighted by Gasteiger charge is -2.21. The molecule has 0 saturated carbocycles. The summed E-state index contributed by atoms with van der Waals surface area (Å²) in [6, 6.07) is 0. The molecule has 0 aliphatic heterocycles. The lowest BCUT2D eigenvalue weighted by atomic mass is 9.97. The highest BCUT2D eigenvalue weighted by molar-refractivity contribution is 7.38. The summed E-state index contributed by atoms with van der Waals surface area (Å²) in [6.45, 7) is 7.87. The van der Waals surface area contributed by atoms with E-state index in [1.807, 2.05) is 0 Å². The molecule has 1 amide bonds. The van der Waals surface area contributed by atoms with Crippen LogP contribution in [0.3, 0.4) is 0 Å². The van der Waals surface area contributed by atoms with Gasteiger partial charge in [-0.15, -0.1) is 0 Å². The Hall–Kier alpha value is -1.11. The van der Waals surface area contributed by atoms with Gasteiger partial charge in [0.2, 0.25) is 6.29 Å². The number of carbonyl (C=O) groups excluding carboxylic acids is 2. The average molecular weight is 325 g/mol. The Morgan fingerprint density at radius 3 is 2.33 bits per heavy atom. The molecule has 0 aromatic carbocycles. The quantitative estimate of drug-likeness (QED) is 0.414. The van der Waals surface area contributed by atoms with Gasteiger partial charge in [0.25, 0.3) is 0 Å². The molecule has 124 valence electrons. The second-order valence-electron chi connectivity index (χ2n) is 5.42. The molecule has 3 atom stereocenters. The highest BCUT2D eigenvalue weighted by Gasteiger charge is 2.26. The molecule has 0 aromatic heterocycles. The first-order valence-electron chi connectivity index (χ1n) is 6.52. The van der Waals surface area contributed by atoms with Crippen LogP contribution in [-0.2, 0) is 23.4 Å². The van der Waals surface area contributed by atoms with Crippen molar-refractivity contribution in [3.8, 4) is 0 Å². The first kappa shape index (κ1) is 19.9. The first-order valence-corrected chi connectivity index (χ1v) is 8.33. The fourth-order valence-electron chi connectivity index (χ4n) is 1.06. The monoisotopic (exact) mass is 325 g/mol. The highest BCUT2D eigenvalue weighted by atomic mass is 31.1. The molecule has 0 bridgehead atoms. The van der Waals surface area contributed by atoms with E-state index >= 15 is 0 Å². The van der Waals surface area contributed by atoms with Gasteiger partial charge in [-0.3, -0.25) is 14.7 Å². The number of ether oxygens (including phenoxy) is 2. The standard InChI is InChI=1S/C12H24NO7P/c1-8(19-10(15)12(2,3)4)20-11(16)13-9(14)6-7-18-21(5)17/h8-9,14,21H,6-7H2,1-5H3,(H,13,16). The third kappa shape index (κ3) is 10.3. The van der Waals surface area contributed by atoms with E-state index < -0.39 is 38.0 Å². The molecular weight excluding hydrogens is 301 g/mol. The zero-order valence-corrected chi connectivity index (χ0v) is 14.0. The summed E-state index contributed by atoms with van der Waals surface area (Å²) in [5, 5.41) is 11.6. The van der Waals surface area contributed by atoms with E-state index in [0.717, 1.165) is 0 Å². The Morgan fingerprint density at radius 1 is 1.29 bits per heavy atom. The summed E-state index contributed by atoms with van der Waals surface area (Å²) in [5.41, 5.74) is -0.706. The molecule has 0 rings (SSSR count). The van der Waals surface area contributed by atoms with Crippen molar-refractivity contribution in [2.24, 2.45) is 5.41 Å². The Balaban J connectivity index is 4.02. The van der Waals surface area contributed by atoms with Crippen LogP contribution in [0.2, 0.25) is 0 Å². The second-order valence-corrected chi connectivity index (χ2v) is 6.69. The molecule has 9 heteroatoms. The number of rotatable bonds is 7. The van der Waals surface area contributed by atoms with E-state index in [9.17, 15) is 19.3 Å². The minimum absolute atomic E-state index is 0.0459. The molecule has 0 spiro atoms. The molecule has 2 N–H and O–H groups in total. The van der Waals surface area contributed by atoms with Crippen molar-refractivity contribution >= 4 is 20.1 Å². The van der Waals surface area contributed by atoms with Crippen molar-refractivity contribution in [2.75, 3.05) is 13.3 Å². The second kappa shape index (κ2) is 9.02. The van der Waals surface area contributed by atoms with Crippen LogP contribution in [-0.4, -0.2) is 43.0 Å². The minimum atomic E-state index is -2.07. The molecule has 21 heavy (non-hydrogen) atoms. The van der Waals surface area contributed by atoms with E-state index in [1.165, 1.54) is 13.6 Å². The molecule has 8 nitrogen and oxygen atoms in total. The molecule has 0 heterocycles. The summed E-state index contributed by atoms with van der Waals surface area (Å²) in [7, 11) is -2.07. The lowest BCUT2D eigenvalue weighted by molar-refractivity contribution is -0.174. The lowest BCUT2D eigenvalue weighted by Crippen LogP contribution is -2.38. The van der Waals surface area contributed by atoms with E-state index in [4.69, 9.17) is 14.0 Å². The fraction of sp³-hybridized carbons (Fsp3) is 0.833. The fourth-order valence-corrected chi connectivity index (χ4v) is 1.46. The van der Waals surface area contributed by atoms with Crippen molar-refractivity contribution in [1.29, 1.82) is 0 Å². The van der Waals surface area contributed by atoms with Crippen LogP contribution in [0.5, 0.6) is 0 Å². The van der Waals surface area contributed by atoms with Gasteiger partial charge in [0.1, 0.15) is 6.23 Å². The van der Waals surface area contributed by atoms with Gasteiger partial charge >= 0.3 is 12.1 Å². The number of carbonyl (C=O) groups is 2. The van der Waals surface area contributed by atoms with Crippen molar-refractivity contribution < 1.29 is 33.3 Å². The summed E-state index contributed by atoms with van der Waals surface area (Å²) in [6.07, 6.45) is -3.15. The number of nitrogens with one attached hydrogen (secondary N) is 1. The van der Waals surface area contributed by atoms with Crippen LogP contribution in [0.15, 0.2) is 0 Å². The minimum Gasteiger partial charge on any atom is -0.425 e. The largest absolute Gasteiger partial charge is 0.425 e. The van der Waals surface area contributed by atoms with Crippen LogP contribution in [0.25, 0.3) is 0 Å². The van der Waals surface area contributed by atoms with E-state index in [0.29, 0.717) is 0 Å². The van der Waals surface area contributed by atoms with Gasteiger partial charge in [-0.1, -0.05) is 0 Å². The number of amides is 1. The van der Waals surface area contributed by atoms with Crippen LogP contribution in [0, 0.1) is 5.41 Å². The van der Waals surface area contributed by atoms with Gasteiger partial charge in [-0.25, -0.2) is 4.79 Å². The molecule has 0 aromatic rings. The normalized spacial score (nSPS) is 15.7. The van der Waals surface area contributed by atoms with Gasteiger partial charge in [0.05, 0.1) is 12.0 Å². The van der Waals surface area contributed by atoms with Crippen LogP contribution in [0.1, 0.15) is 34.1 Å². The Morgan fingerprint density at radius 2 is 1.86 bits per heavy atom. The van der Waals surface area contributed by atoms with Crippen LogP contribution >= 0.6 is 8.03 Å². The highest BCUT2D eigenvalue weighted by Crippen LogP contribution is 2.17. The Labute approximate surface area is 125 Å². The van der Waals surface area contributed by atoms with Crippen molar-refractivity contribution in [2.45, 2.75) is 46.6 Å². The Bertz CT molecular complexity index is 380. The number of hydrogen-bond acceptors (Lipinski definition) is 7. The molecule has 0 aliphatic rings. The van der Waals surface area contributed by atoms with Gasteiger partial charge in [0.15, 0.2) is 8.03 Å². The number of aliphatic hydroxyl groups excluding tert-OH is 1.